The molecular weight excluding hydrogens is 252 g/mol. The van der Waals surface area contributed by atoms with Gasteiger partial charge in [0.2, 0.25) is 0 Å². The number of hydrogen-bond donors (Lipinski definition) is 1. The van der Waals surface area contributed by atoms with E-state index in [0.29, 0.717) is 12.1 Å². The molecule has 4 nitrogen and oxygen atoms in total. The Morgan fingerprint density at radius 1 is 1.30 bits per heavy atom. The molecule has 2 aromatic rings. The second-order valence-corrected chi connectivity index (χ2v) is 4.59. The molecular formula is C16H18N2O2. The molecule has 20 heavy (non-hydrogen) atoms. The van der Waals surface area contributed by atoms with Crippen molar-refractivity contribution in [2.75, 3.05) is 11.4 Å². The number of hydrogen-bond acceptors (Lipinski definition) is 4. The first-order chi connectivity index (χ1) is 9.61. The minimum atomic E-state index is -0.137. The van der Waals surface area contributed by atoms with Gasteiger partial charge in [-0.3, -0.25) is 9.78 Å². The molecule has 2 rings (SSSR count). The highest BCUT2D eigenvalue weighted by molar-refractivity contribution is 5.97. The molecule has 0 saturated carbocycles. The summed E-state index contributed by atoms with van der Waals surface area (Å²) < 4.78 is 0. The Kier molecular flexibility index (Phi) is 4.35. The lowest BCUT2D eigenvalue weighted by atomic mass is 10.1. The average molecular weight is 270 g/mol. The SMILES string of the molecule is CCN(Cc1ccccn1)c1ccc(C(C)=O)c(O)c1. The molecule has 1 heterocycles. The van der Waals surface area contributed by atoms with Crippen LogP contribution in [0, 0.1) is 0 Å². The summed E-state index contributed by atoms with van der Waals surface area (Å²) in [7, 11) is 0. The standard InChI is InChI=1S/C16H18N2O2/c1-3-18(11-13-6-4-5-9-17-13)14-7-8-15(12(2)19)16(20)10-14/h4-10,20H,3,11H2,1-2H3. The number of rotatable bonds is 5. The van der Waals surface area contributed by atoms with E-state index >= 15 is 0 Å². The minimum Gasteiger partial charge on any atom is -0.507 e. The van der Waals surface area contributed by atoms with Crippen LogP contribution in [0.2, 0.25) is 0 Å². The first-order valence-corrected chi connectivity index (χ1v) is 6.60. The van der Waals surface area contributed by atoms with Gasteiger partial charge in [0.1, 0.15) is 5.75 Å². The molecule has 0 amide bonds. The molecule has 104 valence electrons. The van der Waals surface area contributed by atoms with Gasteiger partial charge in [-0.2, -0.15) is 0 Å². The van der Waals surface area contributed by atoms with Crippen molar-refractivity contribution in [1.82, 2.24) is 4.98 Å². The van der Waals surface area contributed by atoms with Gasteiger partial charge in [-0.1, -0.05) is 6.07 Å². The normalized spacial score (nSPS) is 10.3. The zero-order valence-electron chi connectivity index (χ0n) is 11.7. The maximum absolute atomic E-state index is 11.3. The second-order valence-electron chi connectivity index (χ2n) is 4.59. The van der Waals surface area contributed by atoms with Crippen molar-refractivity contribution < 1.29 is 9.90 Å². The van der Waals surface area contributed by atoms with Crippen molar-refractivity contribution in [3.8, 4) is 5.75 Å². The number of carbonyl (C=O) groups excluding carboxylic acids is 1. The first kappa shape index (κ1) is 14.1. The predicted octanol–water partition coefficient (Wildman–Crippen LogP) is 3.02. The summed E-state index contributed by atoms with van der Waals surface area (Å²) >= 11 is 0. The molecule has 0 radical (unpaired) electrons. The van der Waals surface area contributed by atoms with E-state index in [4.69, 9.17) is 0 Å². The third-order valence-corrected chi connectivity index (χ3v) is 3.19. The summed E-state index contributed by atoms with van der Waals surface area (Å²) in [6.07, 6.45) is 1.76. The lowest BCUT2D eigenvalue weighted by Crippen LogP contribution is -2.22. The van der Waals surface area contributed by atoms with Gasteiger partial charge in [0, 0.05) is 24.5 Å². The number of phenolic OH excluding ortho intramolecular Hbond substituents is 1. The summed E-state index contributed by atoms with van der Waals surface area (Å²) in [5.41, 5.74) is 2.19. The second kappa shape index (κ2) is 6.19. The van der Waals surface area contributed by atoms with E-state index in [-0.39, 0.29) is 11.5 Å². The quantitative estimate of drug-likeness (QED) is 0.848. The van der Waals surface area contributed by atoms with Crippen LogP contribution in [0.3, 0.4) is 0 Å². The maximum Gasteiger partial charge on any atom is 0.163 e. The molecule has 1 aromatic carbocycles. The lowest BCUT2D eigenvalue weighted by molar-refractivity contribution is 0.101. The number of ketones is 1. The van der Waals surface area contributed by atoms with Crippen molar-refractivity contribution in [2.45, 2.75) is 20.4 Å². The molecule has 1 aromatic heterocycles. The Bertz CT molecular complexity index is 597. The number of benzene rings is 1. The fourth-order valence-electron chi connectivity index (χ4n) is 2.09. The van der Waals surface area contributed by atoms with E-state index in [9.17, 15) is 9.90 Å². The zero-order chi connectivity index (χ0) is 14.5. The van der Waals surface area contributed by atoms with Gasteiger partial charge in [0.05, 0.1) is 17.8 Å². The molecule has 0 aliphatic rings. The van der Waals surface area contributed by atoms with Crippen LogP contribution < -0.4 is 4.90 Å². The van der Waals surface area contributed by atoms with Gasteiger partial charge in [-0.05, 0) is 38.1 Å². The molecule has 0 aliphatic carbocycles. The van der Waals surface area contributed by atoms with Gasteiger partial charge in [0.25, 0.3) is 0 Å². The zero-order valence-corrected chi connectivity index (χ0v) is 11.7. The molecule has 4 heteroatoms. The van der Waals surface area contributed by atoms with Crippen LogP contribution in [0.1, 0.15) is 29.9 Å². The largest absolute Gasteiger partial charge is 0.507 e. The fraction of sp³-hybridized carbons (Fsp3) is 0.250. The Morgan fingerprint density at radius 3 is 2.65 bits per heavy atom. The summed E-state index contributed by atoms with van der Waals surface area (Å²) in [5.74, 6) is -0.115. The maximum atomic E-state index is 11.3. The van der Waals surface area contributed by atoms with E-state index in [2.05, 4.69) is 9.88 Å². The van der Waals surface area contributed by atoms with Crippen molar-refractivity contribution in [3.05, 3.63) is 53.9 Å². The molecule has 0 saturated heterocycles. The number of anilines is 1. The molecule has 0 fully saturated rings. The number of carbonyl (C=O) groups is 1. The van der Waals surface area contributed by atoms with Crippen LogP contribution in [-0.2, 0) is 6.54 Å². The summed E-state index contributed by atoms with van der Waals surface area (Å²) in [6, 6.07) is 10.9. The predicted molar refractivity (Wildman–Crippen MR) is 79.1 cm³/mol. The number of aromatic nitrogens is 1. The van der Waals surface area contributed by atoms with Crippen LogP contribution in [0.15, 0.2) is 42.6 Å². The van der Waals surface area contributed by atoms with Gasteiger partial charge in [-0.25, -0.2) is 0 Å². The molecule has 0 aliphatic heterocycles. The molecule has 0 atom stereocenters. The van der Waals surface area contributed by atoms with Crippen molar-refractivity contribution in [2.24, 2.45) is 0 Å². The van der Waals surface area contributed by atoms with Gasteiger partial charge >= 0.3 is 0 Å². The number of nitrogens with zero attached hydrogens (tertiary/aromatic N) is 2. The third-order valence-electron chi connectivity index (χ3n) is 3.19. The topological polar surface area (TPSA) is 53.4 Å². The summed E-state index contributed by atoms with van der Waals surface area (Å²) in [5, 5.41) is 9.91. The number of aromatic hydroxyl groups is 1. The third kappa shape index (κ3) is 3.15. The van der Waals surface area contributed by atoms with Crippen LogP contribution in [0.4, 0.5) is 5.69 Å². The van der Waals surface area contributed by atoms with Crippen LogP contribution in [-0.4, -0.2) is 22.4 Å². The first-order valence-electron chi connectivity index (χ1n) is 6.60. The highest BCUT2D eigenvalue weighted by Gasteiger charge is 2.11. The van der Waals surface area contributed by atoms with Gasteiger partial charge in [-0.15, -0.1) is 0 Å². The highest BCUT2D eigenvalue weighted by atomic mass is 16.3. The van der Waals surface area contributed by atoms with Crippen LogP contribution >= 0.6 is 0 Å². The highest BCUT2D eigenvalue weighted by Crippen LogP contribution is 2.25. The van der Waals surface area contributed by atoms with Crippen LogP contribution in [0.5, 0.6) is 5.75 Å². The summed E-state index contributed by atoms with van der Waals surface area (Å²) in [4.78, 5) is 17.7. The molecule has 0 unspecified atom stereocenters. The van der Waals surface area contributed by atoms with Gasteiger partial charge in [0.15, 0.2) is 5.78 Å². The van der Waals surface area contributed by atoms with Crippen LogP contribution in [0.25, 0.3) is 0 Å². The molecule has 0 spiro atoms. The van der Waals surface area contributed by atoms with Crippen molar-refractivity contribution in [3.63, 3.8) is 0 Å². The number of Topliss-reactive ketones (excluding diaryl/α,β-unsaturated/α-hetero) is 1. The Hall–Kier alpha value is -2.36. The van der Waals surface area contributed by atoms with E-state index < -0.39 is 0 Å². The lowest BCUT2D eigenvalue weighted by Gasteiger charge is -2.23. The van der Waals surface area contributed by atoms with Gasteiger partial charge < -0.3 is 10.0 Å². The molecule has 1 N–H and O–H groups in total. The Morgan fingerprint density at radius 2 is 2.10 bits per heavy atom. The Labute approximate surface area is 118 Å². The van der Waals surface area contributed by atoms with E-state index in [0.717, 1.165) is 17.9 Å². The van der Waals surface area contributed by atoms with E-state index in [1.165, 1.54) is 6.92 Å². The average Bonchev–Trinajstić information content (AvgIpc) is 2.45. The smallest absolute Gasteiger partial charge is 0.163 e. The van der Waals surface area contributed by atoms with E-state index in [1.807, 2.05) is 31.2 Å². The van der Waals surface area contributed by atoms with Crippen molar-refractivity contribution in [1.29, 1.82) is 0 Å². The van der Waals surface area contributed by atoms with Crippen molar-refractivity contribution >= 4 is 11.5 Å². The number of pyridine rings is 1. The monoisotopic (exact) mass is 270 g/mol. The fourth-order valence-corrected chi connectivity index (χ4v) is 2.09. The summed E-state index contributed by atoms with van der Waals surface area (Å²) in [6.45, 7) is 4.94. The molecule has 0 bridgehead atoms. The number of phenols is 1. The minimum absolute atomic E-state index is 0.0227. The Balaban J connectivity index is 2.24. The van der Waals surface area contributed by atoms with E-state index in [1.54, 1.807) is 18.3 Å².